The van der Waals surface area contributed by atoms with Gasteiger partial charge in [-0.05, 0) is 71.6 Å². The zero-order valence-electron chi connectivity index (χ0n) is 21.8. The molecule has 0 saturated heterocycles. The third-order valence-corrected chi connectivity index (χ3v) is 7.18. The molecule has 2 heterocycles. The van der Waals surface area contributed by atoms with E-state index in [1.54, 1.807) is 24.4 Å². The molecule has 1 aromatic heterocycles. The van der Waals surface area contributed by atoms with E-state index in [0.717, 1.165) is 19.3 Å². The first-order chi connectivity index (χ1) is 17.5. The van der Waals surface area contributed by atoms with Crippen molar-refractivity contribution in [2.45, 2.75) is 71.5 Å². The Bertz CT molecular complexity index is 1390. The van der Waals surface area contributed by atoms with Crippen LogP contribution in [0.15, 0.2) is 59.8 Å². The lowest BCUT2D eigenvalue weighted by molar-refractivity contribution is -0.0581. The summed E-state index contributed by atoms with van der Waals surface area (Å²) in [6.45, 7) is 8.15. The van der Waals surface area contributed by atoms with Gasteiger partial charge in [0.25, 0.3) is 0 Å². The van der Waals surface area contributed by atoms with Gasteiger partial charge in [-0.2, -0.15) is 0 Å². The van der Waals surface area contributed by atoms with Gasteiger partial charge in [0.15, 0.2) is 0 Å². The summed E-state index contributed by atoms with van der Waals surface area (Å²) in [5.41, 5.74) is 2.48. The van der Waals surface area contributed by atoms with E-state index in [1.807, 2.05) is 6.92 Å². The molecule has 7 heteroatoms. The molecule has 3 aromatic rings. The van der Waals surface area contributed by atoms with Crippen LogP contribution in [-0.4, -0.2) is 42.7 Å². The van der Waals surface area contributed by atoms with Gasteiger partial charge in [0.05, 0.1) is 22.7 Å². The number of phenolic OH excluding ortho intramolecular Hbond substituents is 1. The normalized spacial score (nSPS) is 19.4. The Kier molecular flexibility index (Phi) is 7.37. The molecule has 0 bridgehead atoms. The van der Waals surface area contributed by atoms with Crippen LogP contribution in [0.1, 0.15) is 69.3 Å². The molecule has 0 fully saturated rings. The number of carbonyl (C=O) groups is 1. The van der Waals surface area contributed by atoms with Gasteiger partial charge in [0.2, 0.25) is 5.88 Å². The maximum atomic E-state index is 11.8. The van der Waals surface area contributed by atoms with E-state index < -0.39 is 17.7 Å². The number of carboxylic acids is 1. The standard InChI is InChI=1S/C30H35NO6/c1-18(2)9-7-10-19(3)11-8-14-30(4)26(33)16-22-25(32)15-21-23(27(22)37-30)17-31(28(21)34)24-13-6-5-12-20(24)29(35)36/h5-6,9,11-13,15,17,26,32-34H,7-8,10,14,16H2,1-4H3,(H,35,36)/t26-,30-/m0/s1. The number of carboxylic acid groups (broad SMARTS) is 1. The van der Waals surface area contributed by atoms with E-state index >= 15 is 0 Å². The summed E-state index contributed by atoms with van der Waals surface area (Å²) in [5.74, 6) is -1.01. The van der Waals surface area contributed by atoms with Crippen molar-refractivity contribution >= 4 is 16.7 Å². The SMILES string of the molecule is CC(C)=CCCC(C)=CCC[C@]1(C)Oc2c(c(O)cc3c(O)n(-c4ccccc4C(=O)O)cc23)C[C@@H]1O. The molecule has 1 aliphatic heterocycles. The lowest BCUT2D eigenvalue weighted by Gasteiger charge is -2.40. The largest absolute Gasteiger partial charge is 0.508 e. The van der Waals surface area contributed by atoms with E-state index in [-0.39, 0.29) is 23.6 Å². The molecule has 0 amide bonds. The molecule has 37 heavy (non-hydrogen) atoms. The molecule has 0 unspecified atom stereocenters. The van der Waals surface area contributed by atoms with Gasteiger partial charge in [0.1, 0.15) is 17.1 Å². The lowest BCUT2D eigenvalue weighted by atomic mass is 9.84. The van der Waals surface area contributed by atoms with Crippen molar-refractivity contribution in [2.24, 2.45) is 0 Å². The van der Waals surface area contributed by atoms with Crippen molar-refractivity contribution in [3.8, 4) is 23.1 Å². The summed E-state index contributed by atoms with van der Waals surface area (Å²) in [6.07, 6.45) is 8.67. The Morgan fingerprint density at radius 1 is 1.14 bits per heavy atom. The zero-order valence-corrected chi connectivity index (χ0v) is 21.8. The summed E-state index contributed by atoms with van der Waals surface area (Å²) in [7, 11) is 0. The number of hydrogen-bond donors (Lipinski definition) is 4. The van der Waals surface area contributed by atoms with E-state index in [9.17, 15) is 25.2 Å². The zero-order chi connectivity index (χ0) is 26.9. The van der Waals surface area contributed by atoms with Crippen molar-refractivity contribution in [2.75, 3.05) is 0 Å². The number of hydrogen-bond acceptors (Lipinski definition) is 5. The number of aromatic hydroxyl groups is 2. The minimum Gasteiger partial charge on any atom is -0.508 e. The molecular formula is C30H35NO6. The van der Waals surface area contributed by atoms with Crippen LogP contribution >= 0.6 is 0 Å². The van der Waals surface area contributed by atoms with Crippen LogP contribution in [0, 0.1) is 0 Å². The lowest BCUT2D eigenvalue weighted by Crippen LogP contribution is -2.48. The summed E-state index contributed by atoms with van der Waals surface area (Å²) in [4.78, 5) is 11.8. The monoisotopic (exact) mass is 505 g/mol. The highest BCUT2D eigenvalue weighted by Gasteiger charge is 2.41. The Morgan fingerprint density at radius 3 is 2.57 bits per heavy atom. The highest BCUT2D eigenvalue weighted by molar-refractivity contribution is 5.98. The van der Waals surface area contributed by atoms with Crippen molar-refractivity contribution in [1.82, 2.24) is 4.57 Å². The fraction of sp³-hybridized carbons (Fsp3) is 0.367. The number of nitrogens with zero attached hydrogens (tertiary/aromatic N) is 1. The minimum atomic E-state index is -1.12. The van der Waals surface area contributed by atoms with Crippen molar-refractivity contribution in [3.63, 3.8) is 0 Å². The van der Waals surface area contributed by atoms with Crippen LogP contribution in [-0.2, 0) is 6.42 Å². The fourth-order valence-electron chi connectivity index (χ4n) is 4.92. The number of phenols is 1. The molecule has 0 spiro atoms. The first kappa shape index (κ1) is 26.4. The first-order valence-electron chi connectivity index (χ1n) is 12.6. The third-order valence-electron chi connectivity index (χ3n) is 7.18. The van der Waals surface area contributed by atoms with E-state index in [2.05, 4.69) is 32.9 Å². The van der Waals surface area contributed by atoms with E-state index in [0.29, 0.717) is 34.2 Å². The average molecular weight is 506 g/mol. The summed E-state index contributed by atoms with van der Waals surface area (Å²) in [5, 5.41) is 43.2. The summed E-state index contributed by atoms with van der Waals surface area (Å²) >= 11 is 0. The van der Waals surface area contributed by atoms with Crippen LogP contribution < -0.4 is 4.74 Å². The molecule has 0 aliphatic carbocycles. The molecule has 1 aliphatic rings. The second-order valence-electron chi connectivity index (χ2n) is 10.4. The molecule has 0 radical (unpaired) electrons. The number of aromatic carboxylic acids is 1. The van der Waals surface area contributed by atoms with Crippen molar-refractivity contribution < 1.29 is 30.0 Å². The Morgan fingerprint density at radius 2 is 1.86 bits per heavy atom. The predicted octanol–water partition coefficient (Wildman–Crippen LogP) is 6.27. The number of aliphatic hydroxyl groups excluding tert-OH is 1. The second-order valence-corrected chi connectivity index (χ2v) is 10.4. The Labute approximate surface area is 216 Å². The number of ether oxygens (including phenoxy) is 1. The molecule has 2 aromatic carbocycles. The molecule has 4 rings (SSSR count). The molecular weight excluding hydrogens is 470 g/mol. The minimum absolute atomic E-state index is 0.0316. The Hall–Kier alpha value is -3.71. The van der Waals surface area contributed by atoms with E-state index in [4.69, 9.17) is 4.74 Å². The molecule has 196 valence electrons. The van der Waals surface area contributed by atoms with Crippen LogP contribution in [0.2, 0.25) is 0 Å². The maximum absolute atomic E-state index is 11.8. The fourth-order valence-corrected chi connectivity index (χ4v) is 4.92. The number of benzene rings is 2. The van der Waals surface area contributed by atoms with Crippen molar-refractivity contribution in [1.29, 1.82) is 0 Å². The number of aliphatic hydroxyl groups is 1. The van der Waals surface area contributed by atoms with Crippen LogP contribution in [0.4, 0.5) is 0 Å². The van der Waals surface area contributed by atoms with Gasteiger partial charge in [0, 0.05) is 23.6 Å². The van der Waals surface area contributed by atoms with Gasteiger partial charge in [-0.3, -0.25) is 4.57 Å². The van der Waals surface area contributed by atoms with Gasteiger partial charge in [-0.1, -0.05) is 35.4 Å². The maximum Gasteiger partial charge on any atom is 0.337 e. The Balaban J connectivity index is 1.67. The smallest absolute Gasteiger partial charge is 0.337 e. The molecule has 0 saturated carbocycles. The average Bonchev–Trinajstić information content (AvgIpc) is 3.16. The van der Waals surface area contributed by atoms with Crippen molar-refractivity contribution in [3.05, 3.63) is 71.0 Å². The topological polar surface area (TPSA) is 112 Å². The van der Waals surface area contributed by atoms with Gasteiger partial charge in [-0.25, -0.2) is 4.79 Å². The van der Waals surface area contributed by atoms with Crippen LogP contribution in [0.25, 0.3) is 16.5 Å². The predicted molar refractivity (Wildman–Crippen MR) is 144 cm³/mol. The number of aromatic nitrogens is 1. The van der Waals surface area contributed by atoms with E-state index in [1.165, 1.54) is 27.8 Å². The summed E-state index contributed by atoms with van der Waals surface area (Å²) < 4.78 is 7.80. The molecule has 2 atom stereocenters. The first-order valence-corrected chi connectivity index (χ1v) is 12.6. The van der Waals surface area contributed by atoms with Crippen LogP contribution in [0.3, 0.4) is 0 Å². The second kappa shape index (κ2) is 10.3. The highest BCUT2D eigenvalue weighted by atomic mass is 16.5. The number of rotatable bonds is 8. The van der Waals surface area contributed by atoms with Crippen LogP contribution in [0.5, 0.6) is 17.4 Å². The van der Waals surface area contributed by atoms with Gasteiger partial charge in [-0.15, -0.1) is 0 Å². The molecule has 4 N–H and O–H groups in total. The molecule has 7 nitrogen and oxygen atoms in total. The van der Waals surface area contributed by atoms with Gasteiger partial charge >= 0.3 is 5.97 Å². The van der Waals surface area contributed by atoms with Gasteiger partial charge < -0.3 is 25.2 Å². The number of allylic oxidation sites excluding steroid dienone is 4. The quantitative estimate of drug-likeness (QED) is 0.269. The number of para-hydroxylation sites is 1. The number of fused-ring (bicyclic) bond motifs is 3. The highest BCUT2D eigenvalue weighted by Crippen LogP contribution is 2.48. The third kappa shape index (κ3) is 5.23. The summed E-state index contributed by atoms with van der Waals surface area (Å²) in [6, 6.07) is 7.82.